The van der Waals surface area contributed by atoms with Crippen molar-refractivity contribution >= 4 is 6.08 Å². The van der Waals surface area contributed by atoms with Crippen molar-refractivity contribution in [3.05, 3.63) is 29.6 Å². The summed E-state index contributed by atoms with van der Waals surface area (Å²) in [4.78, 5) is 3.99. The van der Waals surface area contributed by atoms with Crippen LogP contribution in [0.2, 0.25) is 0 Å². The summed E-state index contributed by atoms with van der Waals surface area (Å²) >= 11 is 0. The lowest BCUT2D eigenvalue weighted by molar-refractivity contribution is 0.465. The minimum atomic E-state index is 0.236. The van der Waals surface area contributed by atoms with Crippen molar-refractivity contribution in [2.45, 2.75) is 13.8 Å². The Labute approximate surface area is 66.2 Å². The molecule has 0 amide bonds. The molecule has 0 unspecified atom stereocenters. The van der Waals surface area contributed by atoms with E-state index in [1.165, 1.54) is 0 Å². The lowest BCUT2D eigenvalue weighted by atomic mass is 10.1. The zero-order chi connectivity index (χ0) is 8.43. The smallest absolute Gasteiger partial charge is 0.144 e. The molecule has 0 bridgehead atoms. The number of aromatic hydroxyl groups is 1. The summed E-state index contributed by atoms with van der Waals surface area (Å²) in [5, 5.41) is 9.44. The van der Waals surface area contributed by atoms with Crippen LogP contribution in [0.4, 0.5) is 0 Å². The van der Waals surface area contributed by atoms with Crippen molar-refractivity contribution in [1.82, 2.24) is 4.98 Å². The fourth-order valence-electron chi connectivity index (χ4n) is 0.964. The molecule has 1 aromatic rings. The molecule has 0 aliphatic heterocycles. The first-order valence-electron chi connectivity index (χ1n) is 3.44. The highest BCUT2D eigenvalue weighted by Gasteiger charge is 2.03. The van der Waals surface area contributed by atoms with Crippen molar-refractivity contribution in [1.29, 1.82) is 0 Å². The average Bonchev–Trinajstić information content (AvgIpc) is 1.99. The summed E-state index contributed by atoms with van der Waals surface area (Å²) in [5.41, 5.74) is 2.37. The summed E-state index contributed by atoms with van der Waals surface area (Å²) in [6, 6.07) is 0. The monoisotopic (exact) mass is 149 g/mol. The van der Waals surface area contributed by atoms with E-state index >= 15 is 0 Å². The second-order valence-corrected chi connectivity index (χ2v) is 2.49. The number of hydrogen-bond acceptors (Lipinski definition) is 2. The molecular formula is C9H11NO. The largest absolute Gasteiger partial charge is 0.505 e. The zero-order valence-corrected chi connectivity index (χ0v) is 6.76. The van der Waals surface area contributed by atoms with E-state index in [9.17, 15) is 5.11 Å². The molecule has 0 spiro atoms. The maximum Gasteiger partial charge on any atom is 0.144 e. The van der Waals surface area contributed by atoms with Crippen molar-refractivity contribution < 1.29 is 5.11 Å². The highest BCUT2D eigenvalue weighted by molar-refractivity contribution is 5.59. The summed E-state index contributed by atoms with van der Waals surface area (Å²) < 4.78 is 0. The van der Waals surface area contributed by atoms with E-state index in [1.54, 1.807) is 19.2 Å². The molecule has 0 aromatic carbocycles. The third-order valence-corrected chi connectivity index (χ3v) is 1.68. The molecule has 1 heterocycles. The Balaban J connectivity index is 3.40. The fraction of sp³-hybridized carbons (Fsp3) is 0.222. The Hall–Kier alpha value is -1.31. The predicted molar refractivity (Wildman–Crippen MR) is 45.5 cm³/mol. The van der Waals surface area contributed by atoms with Crippen molar-refractivity contribution in [3.8, 4) is 5.75 Å². The number of aryl methyl sites for hydroxylation is 2. The Morgan fingerprint density at radius 2 is 2.18 bits per heavy atom. The topological polar surface area (TPSA) is 33.1 Å². The van der Waals surface area contributed by atoms with Gasteiger partial charge in [0.05, 0.1) is 5.69 Å². The maximum absolute atomic E-state index is 9.44. The lowest BCUT2D eigenvalue weighted by Gasteiger charge is -2.04. The van der Waals surface area contributed by atoms with Gasteiger partial charge in [0.15, 0.2) is 0 Å². The van der Waals surface area contributed by atoms with E-state index in [2.05, 4.69) is 11.6 Å². The van der Waals surface area contributed by atoms with E-state index in [4.69, 9.17) is 0 Å². The Morgan fingerprint density at radius 3 is 2.64 bits per heavy atom. The second kappa shape index (κ2) is 2.74. The molecule has 2 heteroatoms. The van der Waals surface area contributed by atoms with Crippen molar-refractivity contribution in [2.75, 3.05) is 0 Å². The van der Waals surface area contributed by atoms with Gasteiger partial charge in [-0.1, -0.05) is 12.7 Å². The number of aromatic nitrogens is 1. The third-order valence-electron chi connectivity index (χ3n) is 1.68. The molecular weight excluding hydrogens is 138 g/mol. The van der Waals surface area contributed by atoms with Gasteiger partial charge in [0, 0.05) is 11.8 Å². The molecule has 0 aliphatic carbocycles. The predicted octanol–water partition coefficient (Wildman–Crippen LogP) is 2.05. The van der Waals surface area contributed by atoms with Crippen molar-refractivity contribution in [3.63, 3.8) is 0 Å². The summed E-state index contributed by atoms with van der Waals surface area (Å²) in [6.07, 6.45) is 3.37. The number of pyridine rings is 1. The van der Waals surface area contributed by atoms with Gasteiger partial charge in [-0.05, 0) is 19.4 Å². The highest BCUT2D eigenvalue weighted by atomic mass is 16.3. The van der Waals surface area contributed by atoms with Crippen LogP contribution >= 0.6 is 0 Å². The first kappa shape index (κ1) is 7.79. The molecule has 0 atom stereocenters. The van der Waals surface area contributed by atoms with Crippen LogP contribution in [0.1, 0.15) is 16.8 Å². The van der Waals surface area contributed by atoms with Gasteiger partial charge in [0.2, 0.25) is 0 Å². The average molecular weight is 149 g/mol. The molecule has 0 saturated heterocycles. The third kappa shape index (κ3) is 1.24. The maximum atomic E-state index is 9.44. The Kier molecular flexibility index (Phi) is 1.94. The molecule has 0 fully saturated rings. The van der Waals surface area contributed by atoms with E-state index in [0.717, 1.165) is 11.1 Å². The van der Waals surface area contributed by atoms with E-state index in [1.807, 2.05) is 6.92 Å². The minimum absolute atomic E-state index is 0.236. The SMILES string of the molecule is C=Cc1c(C)cnc(C)c1O. The molecule has 0 radical (unpaired) electrons. The highest BCUT2D eigenvalue weighted by Crippen LogP contribution is 2.23. The zero-order valence-electron chi connectivity index (χ0n) is 6.76. The van der Waals surface area contributed by atoms with E-state index in [-0.39, 0.29) is 5.75 Å². The van der Waals surface area contributed by atoms with Crippen LogP contribution in [0, 0.1) is 13.8 Å². The summed E-state index contributed by atoms with van der Waals surface area (Å²) in [5.74, 6) is 0.236. The van der Waals surface area contributed by atoms with Crippen LogP contribution in [-0.2, 0) is 0 Å². The summed E-state index contributed by atoms with van der Waals surface area (Å²) in [6.45, 7) is 7.26. The number of hydrogen-bond donors (Lipinski definition) is 1. The standard InChI is InChI=1S/C9H11NO/c1-4-8-6(2)5-10-7(3)9(8)11/h4-5,11H,1H2,2-3H3. The van der Waals surface area contributed by atoms with Crippen LogP contribution in [0.5, 0.6) is 5.75 Å². The molecule has 0 saturated carbocycles. The molecule has 11 heavy (non-hydrogen) atoms. The van der Waals surface area contributed by atoms with Crippen LogP contribution in [0.3, 0.4) is 0 Å². The molecule has 0 aliphatic rings. The van der Waals surface area contributed by atoms with Gasteiger partial charge < -0.3 is 5.11 Å². The van der Waals surface area contributed by atoms with Gasteiger partial charge in [-0.25, -0.2) is 0 Å². The minimum Gasteiger partial charge on any atom is -0.505 e. The molecule has 2 nitrogen and oxygen atoms in total. The van der Waals surface area contributed by atoms with Crippen LogP contribution in [0.25, 0.3) is 6.08 Å². The normalized spacial score (nSPS) is 9.64. The number of nitrogens with zero attached hydrogens (tertiary/aromatic N) is 1. The van der Waals surface area contributed by atoms with Gasteiger partial charge in [0.25, 0.3) is 0 Å². The van der Waals surface area contributed by atoms with Crippen molar-refractivity contribution in [2.24, 2.45) is 0 Å². The van der Waals surface area contributed by atoms with Gasteiger partial charge >= 0.3 is 0 Å². The second-order valence-electron chi connectivity index (χ2n) is 2.49. The molecule has 1 N–H and O–H groups in total. The van der Waals surface area contributed by atoms with Gasteiger partial charge in [-0.3, -0.25) is 4.98 Å². The molecule has 1 rings (SSSR count). The first-order valence-corrected chi connectivity index (χ1v) is 3.44. The molecule has 58 valence electrons. The van der Waals surface area contributed by atoms with Crippen LogP contribution in [0.15, 0.2) is 12.8 Å². The van der Waals surface area contributed by atoms with Gasteiger partial charge in [-0.15, -0.1) is 0 Å². The Morgan fingerprint density at radius 1 is 1.55 bits per heavy atom. The fourth-order valence-corrected chi connectivity index (χ4v) is 0.964. The number of rotatable bonds is 1. The Bertz CT molecular complexity index is 292. The van der Waals surface area contributed by atoms with Crippen LogP contribution < -0.4 is 0 Å². The summed E-state index contributed by atoms with van der Waals surface area (Å²) in [7, 11) is 0. The van der Waals surface area contributed by atoms with Crippen LogP contribution in [-0.4, -0.2) is 10.1 Å². The van der Waals surface area contributed by atoms with Gasteiger partial charge in [-0.2, -0.15) is 0 Å². The lowest BCUT2D eigenvalue weighted by Crippen LogP contribution is -1.88. The van der Waals surface area contributed by atoms with Gasteiger partial charge in [0.1, 0.15) is 5.75 Å². The molecule has 1 aromatic heterocycles. The quantitative estimate of drug-likeness (QED) is 0.662. The first-order chi connectivity index (χ1) is 5.16. The van der Waals surface area contributed by atoms with E-state index < -0.39 is 0 Å². The van der Waals surface area contributed by atoms with E-state index in [0.29, 0.717) is 5.69 Å².